The van der Waals surface area contributed by atoms with Gasteiger partial charge < -0.3 is 5.11 Å². The summed E-state index contributed by atoms with van der Waals surface area (Å²) in [5.74, 6) is 0.598. The highest BCUT2D eigenvalue weighted by molar-refractivity contribution is 5.29. The number of aryl methyl sites for hydroxylation is 1. The fourth-order valence-electron chi connectivity index (χ4n) is 1.89. The van der Waals surface area contributed by atoms with E-state index in [1.165, 1.54) is 6.07 Å². The van der Waals surface area contributed by atoms with Gasteiger partial charge >= 0.3 is 0 Å². The molecule has 2 rings (SSSR count). The molecule has 22 heavy (non-hydrogen) atoms. The average Bonchev–Trinajstić information content (AvgIpc) is 2.59. The van der Waals surface area contributed by atoms with Crippen molar-refractivity contribution in [2.24, 2.45) is 0 Å². The van der Waals surface area contributed by atoms with Crippen LogP contribution >= 0.6 is 0 Å². The first-order chi connectivity index (χ1) is 10.8. The van der Waals surface area contributed by atoms with Crippen molar-refractivity contribution in [3.8, 4) is 5.82 Å². The van der Waals surface area contributed by atoms with Gasteiger partial charge in [-0.2, -0.15) is 0 Å². The zero-order valence-electron chi connectivity index (χ0n) is 14.3. The van der Waals surface area contributed by atoms with E-state index in [9.17, 15) is 4.79 Å². The van der Waals surface area contributed by atoms with E-state index in [1.807, 2.05) is 33.8 Å². The Labute approximate surface area is 133 Å². The lowest BCUT2D eigenvalue weighted by Gasteiger charge is -2.11. The van der Waals surface area contributed by atoms with Gasteiger partial charge in [-0.15, -0.1) is 0 Å². The standard InChI is InChI=1S/C14H16N2O2.2C2H6/c1-2-4-12-5-3-6-14(18)16(12)13-8-7-11(10-17)9-15-13;2*1-2/h3,5-9,17H,2,4,10H2,1H3;2*1-2H3. The molecule has 4 nitrogen and oxygen atoms in total. The van der Waals surface area contributed by atoms with Crippen molar-refractivity contribution in [2.75, 3.05) is 0 Å². The number of nitrogens with zero attached hydrogens (tertiary/aromatic N) is 2. The van der Waals surface area contributed by atoms with Crippen LogP contribution in [-0.4, -0.2) is 14.7 Å². The molecule has 122 valence electrons. The number of aliphatic hydroxyl groups is 1. The van der Waals surface area contributed by atoms with Crippen LogP contribution in [0.2, 0.25) is 0 Å². The van der Waals surface area contributed by atoms with Crippen LogP contribution in [0.25, 0.3) is 5.82 Å². The van der Waals surface area contributed by atoms with Crippen LogP contribution in [0.1, 0.15) is 52.3 Å². The largest absolute Gasteiger partial charge is 0.392 e. The second-order valence-electron chi connectivity index (χ2n) is 4.12. The number of aromatic nitrogens is 2. The summed E-state index contributed by atoms with van der Waals surface area (Å²) in [5, 5.41) is 8.98. The van der Waals surface area contributed by atoms with E-state index in [1.54, 1.807) is 29.0 Å². The van der Waals surface area contributed by atoms with Crippen LogP contribution in [0.3, 0.4) is 0 Å². The number of pyridine rings is 2. The van der Waals surface area contributed by atoms with E-state index in [0.717, 1.165) is 24.1 Å². The lowest BCUT2D eigenvalue weighted by atomic mass is 10.2. The molecule has 0 atom stereocenters. The summed E-state index contributed by atoms with van der Waals surface area (Å²) >= 11 is 0. The van der Waals surface area contributed by atoms with E-state index >= 15 is 0 Å². The molecule has 1 N–H and O–H groups in total. The zero-order chi connectivity index (χ0) is 17.0. The number of hydrogen-bond donors (Lipinski definition) is 1. The monoisotopic (exact) mass is 304 g/mol. The molecule has 0 spiro atoms. The number of hydrogen-bond acceptors (Lipinski definition) is 3. The summed E-state index contributed by atoms with van der Waals surface area (Å²) < 4.78 is 1.62. The Bertz CT molecular complexity index is 574. The van der Waals surface area contributed by atoms with E-state index in [-0.39, 0.29) is 12.2 Å². The van der Waals surface area contributed by atoms with Crippen molar-refractivity contribution in [3.63, 3.8) is 0 Å². The predicted molar refractivity (Wildman–Crippen MR) is 92.4 cm³/mol. The zero-order valence-corrected chi connectivity index (χ0v) is 14.3. The van der Waals surface area contributed by atoms with Crippen LogP contribution in [0, 0.1) is 0 Å². The van der Waals surface area contributed by atoms with Gasteiger partial charge in [0, 0.05) is 18.0 Å². The Morgan fingerprint density at radius 1 is 1.09 bits per heavy atom. The molecule has 0 amide bonds. The van der Waals surface area contributed by atoms with Crippen molar-refractivity contribution < 1.29 is 5.11 Å². The quantitative estimate of drug-likeness (QED) is 0.936. The Hall–Kier alpha value is -1.94. The summed E-state index contributed by atoms with van der Waals surface area (Å²) in [6.45, 7) is 10.0. The highest BCUT2D eigenvalue weighted by atomic mass is 16.3. The van der Waals surface area contributed by atoms with Crippen LogP contribution in [0.4, 0.5) is 0 Å². The molecular formula is C18H28N2O2. The molecule has 2 aromatic rings. The van der Waals surface area contributed by atoms with Crippen molar-refractivity contribution in [1.82, 2.24) is 9.55 Å². The van der Waals surface area contributed by atoms with Gasteiger partial charge in [0.15, 0.2) is 0 Å². The highest BCUT2D eigenvalue weighted by Gasteiger charge is 2.06. The van der Waals surface area contributed by atoms with E-state index < -0.39 is 0 Å². The molecule has 0 saturated carbocycles. The lowest BCUT2D eigenvalue weighted by molar-refractivity contribution is 0.281. The average molecular weight is 304 g/mol. The maximum Gasteiger partial charge on any atom is 0.256 e. The third-order valence-corrected chi connectivity index (χ3v) is 2.76. The third kappa shape index (κ3) is 5.45. The van der Waals surface area contributed by atoms with Gasteiger partial charge in [0.25, 0.3) is 5.56 Å². The van der Waals surface area contributed by atoms with Gasteiger partial charge in [-0.1, -0.05) is 53.2 Å². The predicted octanol–water partition coefficient (Wildman–Crippen LogP) is 3.73. The molecule has 0 aromatic carbocycles. The second kappa shape index (κ2) is 11.7. The van der Waals surface area contributed by atoms with Gasteiger partial charge in [-0.3, -0.25) is 9.36 Å². The maximum absolute atomic E-state index is 11.9. The molecule has 0 aliphatic rings. The van der Waals surface area contributed by atoms with Crippen molar-refractivity contribution in [1.29, 1.82) is 0 Å². The van der Waals surface area contributed by atoms with Crippen LogP contribution in [-0.2, 0) is 13.0 Å². The maximum atomic E-state index is 11.9. The molecule has 4 heteroatoms. The molecule has 0 radical (unpaired) electrons. The summed E-state index contributed by atoms with van der Waals surface area (Å²) in [4.78, 5) is 16.2. The highest BCUT2D eigenvalue weighted by Crippen LogP contribution is 2.09. The number of aliphatic hydroxyl groups excluding tert-OH is 1. The molecule has 0 fully saturated rings. The Morgan fingerprint density at radius 3 is 2.27 bits per heavy atom. The van der Waals surface area contributed by atoms with Crippen molar-refractivity contribution in [2.45, 2.75) is 54.1 Å². The molecule has 0 aliphatic carbocycles. The van der Waals surface area contributed by atoms with Crippen LogP contribution in [0.15, 0.2) is 41.3 Å². The molecule has 0 aliphatic heterocycles. The first-order valence-corrected chi connectivity index (χ1v) is 8.03. The van der Waals surface area contributed by atoms with Gasteiger partial charge in [0.2, 0.25) is 0 Å². The van der Waals surface area contributed by atoms with Crippen LogP contribution in [0.5, 0.6) is 0 Å². The van der Waals surface area contributed by atoms with E-state index in [2.05, 4.69) is 11.9 Å². The van der Waals surface area contributed by atoms with Crippen molar-refractivity contribution >= 4 is 0 Å². The molecule has 0 unspecified atom stereocenters. The first-order valence-electron chi connectivity index (χ1n) is 8.03. The van der Waals surface area contributed by atoms with Crippen LogP contribution < -0.4 is 5.56 Å². The third-order valence-electron chi connectivity index (χ3n) is 2.76. The Morgan fingerprint density at radius 2 is 1.77 bits per heavy atom. The minimum absolute atomic E-state index is 0.0429. The Balaban J connectivity index is 0.00000102. The topological polar surface area (TPSA) is 55.1 Å². The molecule has 0 saturated heterocycles. The Kier molecular flexibility index (Phi) is 10.7. The smallest absolute Gasteiger partial charge is 0.256 e. The van der Waals surface area contributed by atoms with Gasteiger partial charge in [0.05, 0.1) is 6.61 Å². The summed E-state index contributed by atoms with van der Waals surface area (Å²) in [6, 6.07) is 8.77. The van der Waals surface area contributed by atoms with Crippen molar-refractivity contribution in [3.05, 3.63) is 58.1 Å². The minimum atomic E-state index is -0.0785. The molecule has 2 aromatic heterocycles. The van der Waals surface area contributed by atoms with Gasteiger partial charge in [-0.05, 0) is 24.1 Å². The second-order valence-corrected chi connectivity index (χ2v) is 4.12. The summed E-state index contributed by atoms with van der Waals surface area (Å²) in [5.41, 5.74) is 1.61. The summed E-state index contributed by atoms with van der Waals surface area (Å²) in [7, 11) is 0. The fraction of sp³-hybridized carbons (Fsp3) is 0.444. The first kappa shape index (κ1) is 20.1. The normalized spacial score (nSPS) is 9.18. The summed E-state index contributed by atoms with van der Waals surface area (Å²) in [6.07, 6.45) is 3.39. The molecule has 2 heterocycles. The van der Waals surface area contributed by atoms with Gasteiger partial charge in [0.1, 0.15) is 5.82 Å². The van der Waals surface area contributed by atoms with E-state index in [0.29, 0.717) is 5.82 Å². The molecule has 0 bridgehead atoms. The lowest BCUT2D eigenvalue weighted by Crippen LogP contribution is -2.21. The SMILES string of the molecule is CC.CC.CCCc1cccc(=O)n1-c1ccc(CO)cn1. The van der Waals surface area contributed by atoms with Gasteiger partial charge in [-0.25, -0.2) is 4.98 Å². The fourth-order valence-corrected chi connectivity index (χ4v) is 1.89. The van der Waals surface area contributed by atoms with E-state index in [4.69, 9.17) is 5.11 Å². The number of rotatable bonds is 4. The molecular weight excluding hydrogens is 276 g/mol. The minimum Gasteiger partial charge on any atom is -0.392 e.